The summed E-state index contributed by atoms with van der Waals surface area (Å²) in [6.45, 7) is 2.35. The lowest BCUT2D eigenvalue weighted by Crippen LogP contribution is -2.36. The molecule has 1 unspecified atom stereocenters. The van der Waals surface area contributed by atoms with E-state index in [-0.39, 0.29) is 11.9 Å². The minimum absolute atomic E-state index is 0.249. The van der Waals surface area contributed by atoms with E-state index in [0.717, 1.165) is 17.7 Å². The van der Waals surface area contributed by atoms with Gasteiger partial charge in [-0.25, -0.2) is 9.69 Å². The van der Waals surface area contributed by atoms with Crippen molar-refractivity contribution in [2.45, 2.75) is 32.4 Å². The van der Waals surface area contributed by atoms with Crippen LogP contribution in [0.15, 0.2) is 71.3 Å². The number of para-hydroxylation sites is 1. The number of amides is 3. The van der Waals surface area contributed by atoms with E-state index in [1.54, 1.807) is 17.0 Å². The van der Waals surface area contributed by atoms with Crippen molar-refractivity contribution < 1.29 is 14.1 Å². The molecule has 2 heterocycles. The molecule has 28 heavy (non-hydrogen) atoms. The first-order valence-electron chi connectivity index (χ1n) is 9.35. The van der Waals surface area contributed by atoms with Crippen molar-refractivity contribution in [3.8, 4) is 0 Å². The zero-order valence-electron chi connectivity index (χ0n) is 15.6. The molecule has 0 N–H and O–H groups in total. The van der Waals surface area contributed by atoms with E-state index in [9.17, 15) is 9.59 Å². The van der Waals surface area contributed by atoms with Gasteiger partial charge in [-0.2, -0.15) is 0 Å². The van der Waals surface area contributed by atoms with Gasteiger partial charge in [0.05, 0.1) is 11.4 Å². The van der Waals surface area contributed by atoms with Crippen LogP contribution in [0, 0.1) is 0 Å². The predicted octanol–water partition coefficient (Wildman–Crippen LogP) is 3.82. The summed E-state index contributed by atoms with van der Waals surface area (Å²) in [5.74, 6) is 0.359. The molecule has 1 fully saturated rings. The smallest absolute Gasteiger partial charge is 0.332 e. The number of hydrogen-bond acceptors (Lipinski definition) is 4. The van der Waals surface area contributed by atoms with Gasteiger partial charge in [0.25, 0.3) is 5.91 Å². The fraction of sp³-hybridized carbons (Fsp3) is 0.227. The molecule has 0 bridgehead atoms. The van der Waals surface area contributed by atoms with Gasteiger partial charge in [-0.3, -0.25) is 4.79 Å². The molecule has 4 rings (SSSR count). The van der Waals surface area contributed by atoms with E-state index in [0.29, 0.717) is 24.4 Å². The zero-order valence-corrected chi connectivity index (χ0v) is 15.6. The van der Waals surface area contributed by atoms with Crippen molar-refractivity contribution in [3.05, 3.63) is 83.7 Å². The molecular weight excluding hydrogens is 354 g/mol. The molecule has 1 aliphatic rings. The Morgan fingerprint density at radius 1 is 1.00 bits per heavy atom. The van der Waals surface area contributed by atoms with Crippen molar-refractivity contribution in [2.75, 3.05) is 4.90 Å². The van der Waals surface area contributed by atoms with Crippen LogP contribution < -0.4 is 4.90 Å². The van der Waals surface area contributed by atoms with Crippen LogP contribution in [0.25, 0.3) is 0 Å². The van der Waals surface area contributed by atoms with Gasteiger partial charge in [-0.15, -0.1) is 0 Å². The quantitative estimate of drug-likeness (QED) is 0.615. The molecule has 0 spiro atoms. The van der Waals surface area contributed by atoms with E-state index in [1.807, 2.05) is 61.5 Å². The normalized spacial score (nSPS) is 16.8. The number of imide groups is 1. The molecule has 3 amide bonds. The predicted molar refractivity (Wildman–Crippen MR) is 105 cm³/mol. The minimum atomic E-state index is -0.634. The molecule has 1 saturated heterocycles. The summed E-state index contributed by atoms with van der Waals surface area (Å²) in [5, 5.41) is 4.00. The van der Waals surface area contributed by atoms with Crippen molar-refractivity contribution in [2.24, 2.45) is 0 Å². The molecule has 6 heteroatoms. The number of benzene rings is 2. The monoisotopic (exact) mass is 375 g/mol. The fourth-order valence-corrected chi connectivity index (χ4v) is 3.42. The van der Waals surface area contributed by atoms with Crippen LogP contribution in [-0.2, 0) is 24.2 Å². The number of anilines is 1. The van der Waals surface area contributed by atoms with Gasteiger partial charge in [0.2, 0.25) is 0 Å². The standard InChI is InChI=1S/C22H21N3O3/c1-2-17-13-19(28-23-17)14-20-21(26)25(18-11-7-4-8-12-18)22(27)24(20)15-16-9-5-3-6-10-16/h3-13,20H,2,14-15H2,1H3. The molecule has 6 nitrogen and oxygen atoms in total. The Hall–Kier alpha value is -3.41. The highest BCUT2D eigenvalue weighted by Crippen LogP contribution is 2.28. The van der Waals surface area contributed by atoms with Gasteiger partial charge < -0.3 is 9.42 Å². The third-order valence-electron chi connectivity index (χ3n) is 4.89. The summed E-state index contributed by atoms with van der Waals surface area (Å²) in [5.41, 5.74) is 2.38. The Balaban J connectivity index is 1.66. The van der Waals surface area contributed by atoms with Crippen LogP contribution in [0.5, 0.6) is 0 Å². The summed E-state index contributed by atoms with van der Waals surface area (Å²) < 4.78 is 5.38. The minimum Gasteiger partial charge on any atom is -0.361 e. The maximum absolute atomic E-state index is 13.2. The summed E-state index contributed by atoms with van der Waals surface area (Å²) in [6.07, 6.45) is 1.05. The van der Waals surface area contributed by atoms with Gasteiger partial charge in [0, 0.05) is 19.0 Å². The number of rotatable bonds is 6. The van der Waals surface area contributed by atoms with E-state index in [2.05, 4.69) is 5.16 Å². The van der Waals surface area contributed by atoms with Crippen molar-refractivity contribution >= 4 is 17.6 Å². The lowest BCUT2D eigenvalue weighted by Gasteiger charge is -2.21. The first-order valence-corrected chi connectivity index (χ1v) is 9.35. The lowest BCUT2D eigenvalue weighted by atomic mass is 10.1. The topological polar surface area (TPSA) is 66.7 Å². The molecule has 1 aromatic heterocycles. The van der Waals surface area contributed by atoms with Crippen LogP contribution >= 0.6 is 0 Å². The number of urea groups is 1. The Kier molecular flexibility index (Phi) is 4.93. The molecule has 1 aliphatic heterocycles. The van der Waals surface area contributed by atoms with E-state index in [4.69, 9.17) is 4.52 Å². The van der Waals surface area contributed by atoms with Crippen molar-refractivity contribution in [1.29, 1.82) is 0 Å². The van der Waals surface area contributed by atoms with Crippen molar-refractivity contribution in [1.82, 2.24) is 10.1 Å². The lowest BCUT2D eigenvalue weighted by molar-refractivity contribution is -0.119. The van der Waals surface area contributed by atoms with Gasteiger partial charge >= 0.3 is 6.03 Å². The molecule has 2 aromatic carbocycles. The molecule has 3 aromatic rings. The molecule has 142 valence electrons. The highest BCUT2D eigenvalue weighted by Gasteiger charge is 2.46. The van der Waals surface area contributed by atoms with Gasteiger partial charge in [0.15, 0.2) is 0 Å². The second-order valence-electron chi connectivity index (χ2n) is 6.76. The number of carbonyl (C=O) groups excluding carboxylic acids is 2. The second-order valence-corrected chi connectivity index (χ2v) is 6.76. The Morgan fingerprint density at radius 3 is 2.32 bits per heavy atom. The number of carbonyl (C=O) groups is 2. The SMILES string of the molecule is CCc1cc(CC2C(=O)N(c3ccccc3)C(=O)N2Cc2ccccc2)on1. The Morgan fingerprint density at radius 2 is 1.68 bits per heavy atom. The van der Waals surface area contributed by atoms with Crippen molar-refractivity contribution in [3.63, 3.8) is 0 Å². The number of aryl methyl sites for hydroxylation is 1. The maximum atomic E-state index is 13.2. The Bertz CT molecular complexity index is 969. The van der Waals surface area contributed by atoms with Crippen LogP contribution in [0.3, 0.4) is 0 Å². The highest BCUT2D eigenvalue weighted by atomic mass is 16.5. The average molecular weight is 375 g/mol. The van der Waals surface area contributed by atoms with E-state index in [1.165, 1.54) is 4.90 Å². The van der Waals surface area contributed by atoms with Crippen LogP contribution in [0.1, 0.15) is 23.9 Å². The van der Waals surface area contributed by atoms with Crippen LogP contribution in [0.2, 0.25) is 0 Å². The summed E-state index contributed by atoms with van der Waals surface area (Å²) >= 11 is 0. The summed E-state index contributed by atoms with van der Waals surface area (Å²) in [6, 6.07) is 19.6. The highest BCUT2D eigenvalue weighted by molar-refractivity contribution is 6.21. The molecule has 0 radical (unpaired) electrons. The summed E-state index contributed by atoms with van der Waals surface area (Å²) in [7, 11) is 0. The molecule has 0 saturated carbocycles. The van der Waals surface area contributed by atoms with E-state index >= 15 is 0 Å². The molecule has 1 atom stereocenters. The molecule has 0 aliphatic carbocycles. The first kappa shape index (κ1) is 18.0. The van der Waals surface area contributed by atoms with E-state index < -0.39 is 6.04 Å². The second kappa shape index (κ2) is 7.68. The maximum Gasteiger partial charge on any atom is 0.332 e. The van der Waals surface area contributed by atoms with Gasteiger partial charge in [-0.05, 0) is 24.1 Å². The average Bonchev–Trinajstić information content (AvgIpc) is 3.28. The van der Waals surface area contributed by atoms with Gasteiger partial charge in [-0.1, -0.05) is 60.6 Å². The third-order valence-corrected chi connectivity index (χ3v) is 4.89. The molecular formula is C22H21N3O3. The third kappa shape index (κ3) is 3.41. The van der Waals surface area contributed by atoms with Gasteiger partial charge in [0.1, 0.15) is 11.8 Å². The Labute approximate surface area is 163 Å². The number of aromatic nitrogens is 1. The first-order chi connectivity index (χ1) is 13.7. The van der Waals surface area contributed by atoms with Crippen LogP contribution in [-0.4, -0.2) is 28.0 Å². The fourth-order valence-electron chi connectivity index (χ4n) is 3.42. The largest absolute Gasteiger partial charge is 0.361 e. The number of nitrogens with zero attached hydrogens (tertiary/aromatic N) is 3. The zero-order chi connectivity index (χ0) is 19.5. The summed E-state index contributed by atoms with van der Waals surface area (Å²) in [4.78, 5) is 29.2. The number of hydrogen-bond donors (Lipinski definition) is 0. The van der Waals surface area contributed by atoms with Crippen LogP contribution in [0.4, 0.5) is 10.5 Å².